The Hall–Kier alpha value is -2.22. The van der Waals surface area contributed by atoms with Crippen molar-refractivity contribution in [1.82, 2.24) is 4.98 Å². The number of fused-ring (bicyclic) bond motifs is 1. The first-order valence-electron chi connectivity index (χ1n) is 6.38. The molecule has 19 heavy (non-hydrogen) atoms. The summed E-state index contributed by atoms with van der Waals surface area (Å²) in [5.41, 5.74) is 4.51. The van der Waals surface area contributed by atoms with Crippen molar-refractivity contribution in [2.75, 3.05) is 0 Å². The summed E-state index contributed by atoms with van der Waals surface area (Å²) in [5, 5.41) is 1.15. The number of para-hydroxylation sites is 1. The average Bonchev–Trinajstić information content (AvgIpc) is 2.44. The minimum absolute atomic E-state index is 1.01. The summed E-state index contributed by atoms with van der Waals surface area (Å²) < 4.78 is 2.06. The molecule has 0 unspecified atom stereocenters. The van der Waals surface area contributed by atoms with Crippen molar-refractivity contribution >= 4 is 16.5 Å². The van der Waals surface area contributed by atoms with Gasteiger partial charge in [-0.3, -0.25) is 0 Å². The highest BCUT2D eigenvalue weighted by molar-refractivity contribution is 5.92. The molecule has 0 amide bonds. The Morgan fingerprint density at radius 2 is 2.05 bits per heavy atom. The van der Waals surface area contributed by atoms with E-state index in [0.717, 1.165) is 16.5 Å². The molecule has 2 rings (SSSR count). The van der Waals surface area contributed by atoms with Crippen molar-refractivity contribution in [2.24, 2.45) is 7.05 Å². The van der Waals surface area contributed by atoms with Crippen LogP contribution in [0.25, 0.3) is 16.5 Å². The molecule has 96 valence electrons. The van der Waals surface area contributed by atoms with E-state index in [0.29, 0.717) is 0 Å². The van der Waals surface area contributed by atoms with Crippen molar-refractivity contribution in [3.63, 3.8) is 0 Å². The SMILES string of the molecule is C=C/C(C)=C(\C=C/C)c1c2ccccc2nc[n+]1C. The summed E-state index contributed by atoms with van der Waals surface area (Å²) in [4.78, 5) is 4.46. The first kappa shape index (κ1) is 13.2. The number of hydrogen-bond donors (Lipinski definition) is 0. The molecule has 0 N–H and O–H groups in total. The van der Waals surface area contributed by atoms with Crippen molar-refractivity contribution < 1.29 is 4.57 Å². The van der Waals surface area contributed by atoms with Crippen LogP contribution in [-0.4, -0.2) is 4.98 Å². The molecule has 0 aliphatic heterocycles. The fourth-order valence-corrected chi connectivity index (χ4v) is 2.19. The second kappa shape index (κ2) is 5.61. The maximum Gasteiger partial charge on any atom is 0.287 e. The summed E-state index contributed by atoms with van der Waals surface area (Å²) in [6.07, 6.45) is 7.93. The molecule has 1 aromatic carbocycles. The highest BCUT2D eigenvalue weighted by atomic mass is 15.0. The lowest BCUT2D eigenvalue weighted by Gasteiger charge is -2.08. The van der Waals surface area contributed by atoms with Gasteiger partial charge in [0.25, 0.3) is 6.33 Å². The fourth-order valence-electron chi connectivity index (χ4n) is 2.19. The Bertz CT molecular complexity index is 679. The molecule has 0 saturated heterocycles. The maximum atomic E-state index is 4.46. The minimum atomic E-state index is 1.01. The van der Waals surface area contributed by atoms with E-state index in [1.807, 2.05) is 44.6 Å². The average molecular weight is 251 g/mol. The standard InChI is InChI=1S/C17H19N2/c1-5-9-14(13(3)6-2)17-15-10-7-8-11-16(15)18-12-19(17)4/h5-12H,2H2,1,3-4H3/q+1/b9-5-,14-13+. The number of aryl methyl sites for hydroxylation is 1. The van der Waals surface area contributed by atoms with Gasteiger partial charge in [-0.15, -0.1) is 0 Å². The third-order valence-corrected chi connectivity index (χ3v) is 3.20. The highest BCUT2D eigenvalue weighted by Crippen LogP contribution is 2.24. The van der Waals surface area contributed by atoms with Crippen LogP contribution in [0.3, 0.4) is 0 Å². The minimum Gasteiger partial charge on any atom is -0.232 e. The van der Waals surface area contributed by atoms with E-state index in [1.165, 1.54) is 11.3 Å². The van der Waals surface area contributed by atoms with E-state index in [4.69, 9.17) is 0 Å². The van der Waals surface area contributed by atoms with Crippen LogP contribution in [-0.2, 0) is 7.05 Å². The molecule has 0 atom stereocenters. The molecule has 0 bridgehead atoms. The summed E-state index contributed by atoms with van der Waals surface area (Å²) in [5.74, 6) is 0. The number of allylic oxidation sites excluding steroid dienone is 5. The van der Waals surface area contributed by atoms with Gasteiger partial charge in [0, 0.05) is 5.57 Å². The largest absolute Gasteiger partial charge is 0.287 e. The van der Waals surface area contributed by atoms with Gasteiger partial charge < -0.3 is 0 Å². The lowest BCUT2D eigenvalue weighted by atomic mass is 10.0. The van der Waals surface area contributed by atoms with Gasteiger partial charge >= 0.3 is 0 Å². The molecule has 1 aromatic heterocycles. The second-order valence-corrected chi connectivity index (χ2v) is 4.52. The smallest absolute Gasteiger partial charge is 0.232 e. The topological polar surface area (TPSA) is 16.8 Å². The van der Waals surface area contributed by atoms with Crippen LogP contribution in [0, 0.1) is 0 Å². The number of benzene rings is 1. The number of hydrogen-bond acceptors (Lipinski definition) is 1. The van der Waals surface area contributed by atoms with Gasteiger partial charge in [-0.25, -0.2) is 4.57 Å². The monoisotopic (exact) mass is 251 g/mol. The highest BCUT2D eigenvalue weighted by Gasteiger charge is 2.15. The Kier molecular flexibility index (Phi) is 3.91. The lowest BCUT2D eigenvalue weighted by molar-refractivity contribution is -0.675. The molecule has 0 fully saturated rings. The molecule has 0 saturated carbocycles. The van der Waals surface area contributed by atoms with E-state index >= 15 is 0 Å². The van der Waals surface area contributed by atoms with Gasteiger partial charge in [-0.05, 0) is 36.5 Å². The molecule has 2 aromatic rings. The molecular formula is C17H19N2+. The Morgan fingerprint density at radius 3 is 2.74 bits per heavy atom. The second-order valence-electron chi connectivity index (χ2n) is 4.52. The van der Waals surface area contributed by atoms with Gasteiger partial charge in [-0.2, -0.15) is 0 Å². The normalized spacial score (nSPS) is 12.8. The zero-order valence-corrected chi connectivity index (χ0v) is 11.7. The Morgan fingerprint density at radius 1 is 1.32 bits per heavy atom. The first-order valence-corrected chi connectivity index (χ1v) is 6.38. The maximum absolute atomic E-state index is 4.46. The lowest BCUT2D eigenvalue weighted by Crippen LogP contribution is -2.33. The van der Waals surface area contributed by atoms with Crippen LogP contribution in [0.5, 0.6) is 0 Å². The van der Waals surface area contributed by atoms with Gasteiger partial charge in [0.15, 0.2) is 5.52 Å². The van der Waals surface area contributed by atoms with Crippen molar-refractivity contribution in [1.29, 1.82) is 0 Å². The zero-order valence-electron chi connectivity index (χ0n) is 11.7. The van der Waals surface area contributed by atoms with Gasteiger partial charge in [0.1, 0.15) is 5.69 Å². The molecule has 0 spiro atoms. The quantitative estimate of drug-likeness (QED) is 0.601. The van der Waals surface area contributed by atoms with E-state index < -0.39 is 0 Å². The van der Waals surface area contributed by atoms with Crippen LogP contribution < -0.4 is 4.57 Å². The van der Waals surface area contributed by atoms with E-state index in [-0.39, 0.29) is 0 Å². The van der Waals surface area contributed by atoms with E-state index in [9.17, 15) is 0 Å². The predicted octanol–water partition coefficient (Wildman–Crippen LogP) is 3.59. The van der Waals surface area contributed by atoms with Crippen molar-refractivity contribution in [3.8, 4) is 0 Å². The Labute approximate surface area is 114 Å². The van der Waals surface area contributed by atoms with Crippen molar-refractivity contribution in [3.05, 3.63) is 66.7 Å². The van der Waals surface area contributed by atoms with Gasteiger partial charge in [-0.1, -0.05) is 36.9 Å². The van der Waals surface area contributed by atoms with E-state index in [1.54, 1.807) is 0 Å². The van der Waals surface area contributed by atoms with Crippen LogP contribution >= 0.6 is 0 Å². The summed E-state index contributed by atoms with van der Waals surface area (Å²) in [6, 6.07) is 8.20. The van der Waals surface area contributed by atoms with Gasteiger partial charge in [0.2, 0.25) is 0 Å². The number of aromatic nitrogens is 2. The van der Waals surface area contributed by atoms with Gasteiger partial charge in [0.05, 0.1) is 12.4 Å². The number of nitrogens with zero attached hydrogens (tertiary/aromatic N) is 2. The van der Waals surface area contributed by atoms with E-state index in [2.05, 4.69) is 41.3 Å². The predicted molar refractivity (Wildman–Crippen MR) is 80.5 cm³/mol. The zero-order chi connectivity index (χ0) is 13.8. The molecule has 0 aliphatic carbocycles. The Balaban J connectivity index is 2.87. The third kappa shape index (κ3) is 2.48. The summed E-state index contributed by atoms with van der Waals surface area (Å²) in [7, 11) is 2.02. The molecule has 0 radical (unpaired) electrons. The van der Waals surface area contributed by atoms with Crippen LogP contribution in [0.1, 0.15) is 19.5 Å². The molecule has 1 heterocycles. The van der Waals surface area contributed by atoms with Crippen LogP contribution in [0.4, 0.5) is 0 Å². The molecule has 0 aliphatic rings. The van der Waals surface area contributed by atoms with Crippen LogP contribution in [0.2, 0.25) is 0 Å². The summed E-state index contributed by atoms with van der Waals surface area (Å²) >= 11 is 0. The van der Waals surface area contributed by atoms with Crippen LogP contribution in [0.15, 0.2) is 61.0 Å². The molecular weight excluding hydrogens is 232 g/mol. The number of rotatable bonds is 3. The van der Waals surface area contributed by atoms with Crippen molar-refractivity contribution in [2.45, 2.75) is 13.8 Å². The third-order valence-electron chi connectivity index (χ3n) is 3.20. The summed E-state index contributed by atoms with van der Waals surface area (Å²) in [6.45, 7) is 7.99. The first-order chi connectivity index (χ1) is 9.19. The molecule has 2 heteroatoms. The molecule has 2 nitrogen and oxygen atoms in total. The fraction of sp³-hybridized carbons (Fsp3) is 0.176.